The summed E-state index contributed by atoms with van der Waals surface area (Å²) in [5.74, 6) is -6.00. The molecule has 0 N–H and O–H groups in total. The lowest BCUT2D eigenvalue weighted by Gasteiger charge is -2.19. The molecule has 0 spiro atoms. The molecule has 11 heteroatoms. The van der Waals surface area contributed by atoms with E-state index in [0.29, 0.717) is 36.8 Å². The molecular formula is C31H19F9O2. The van der Waals surface area contributed by atoms with E-state index in [1.54, 1.807) is 0 Å². The fraction of sp³-hybridized carbons (Fsp3) is 0.161. The van der Waals surface area contributed by atoms with Crippen molar-refractivity contribution < 1.29 is 49.0 Å². The first kappa shape index (κ1) is 30.4. The molecule has 0 fully saturated rings. The topological polar surface area (TPSA) is 18.5 Å². The lowest BCUT2D eigenvalue weighted by Crippen LogP contribution is -2.23. The van der Waals surface area contributed by atoms with Crippen LogP contribution in [-0.2, 0) is 6.11 Å². The first-order valence-electron chi connectivity index (χ1n) is 12.3. The van der Waals surface area contributed by atoms with E-state index in [1.165, 1.54) is 0 Å². The van der Waals surface area contributed by atoms with Crippen molar-refractivity contribution in [1.82, 2.24) is 0 Å². The van der Waals surface area contributed by atoms with E-state index >= 15 is 0 Å². The van der Waals surface area contributed by atoms with Crippen LogP contribution in [0.2, 0.25) is 0 Å². The molecule has 4 rings (SSSR count). The summed E-state index contributed by atoms with van der Waals surface area (Å²) in [5, 5.41) is 0. The van der Waals surface area contributed by atoms with Crippen molar-refractivity contribution >= 4 is 0 Å². The molecule has 4 aromatic rings. The second-order valence-electron chi connectivity index (χ2n) is 8.92. The quantitative estimate of drug-likeness (QED) is 0.0878. The lowest BCUT2D eigenvalue weighted by atomic mass is 10.0. The number of benzene rings is 4. The minimum absolute atomic E-state index is 0.0330. The van der Waals surface area contributed by atoms with Crippen molar-refractivity contribution in [3.05, 3.63) is 118 Å². The Hall–Kier alpha value is -4.59. The molecule has 42 heavy (non-hydrogen) atoms. The molecule has 0 amide bonds. The molecule has 0 bridgehead atoms. The summed E-state index contributed by atoms with van der Waals surface area (Å²) in [4.78, 5) is 0. The molecule has 0 saturated carbocycles. The minimum atomic E-state index is -4.33. The Morgan fingerprint density at radius 1 is 0.667 bits per heavy atom. The van der Waals surface area contributed by atoms with Gasteiger partial charge in [-0.25, -0.2) is 30.7 Å². The number of hydrogen-bond acceptors (Lipinski definition) is 2. The van der Waals surface area contributed by atoms with Crippen molar-refractivity contribution in [2.75, 3.05) is 6.61 Å². The molecule has 0 aliphatic rings. The maximum Gasteiger partial charge on any atom is 0.429 e. The Bertz CT molecular complexity index is 1640. The number of ether oxygens (including phenoxy) is 2. The van der Waals surface area contributed by atoms with Crippen molar-refractivity contribution in [3.63, 3.8) is 0 Å². The van der Waals surface area contributed by atoms with Gasteiger partial charge in [-0.3, -0.25) is 0 Å². The van der Waals surface area contributed by atoms with Gasteiger partial charge in [-0.05, 0) is 54.4 Å². The summed E-state index contributed by atoms with van der Waals surface area (Å²) >= 11 is 0. The molecule has 2 nitrogen and oxygen atoms in total. The zero-order chi connectivity index (χ0) is 30.6. The number of halogens is 9. The maximum atomic E-state index is 14.8. The number of alkyl halides is 2. The van der Waals surface area contributed by atoms with Crippen LogP contribution in [0.4, 0.5) is 39.5 Å². The molecule has 0 aromatic heterocycles. The van der Waals surface area contributed by atoms with E-state index in [-0.39, 0.29) is 17.9 Å². The van der Waals surface area contributed by atoms with E-state index in [1.807, 2.05) is 6.92 Å². The van der Waals surface area contributed by atoms with Crippen LogP contribution < -0.4 is 9.47 Å². The molecule has 0 aliphatic heterocycles. The Morgan fingerprint density at radius 2 is 1.31 bits per heavy atom. The SMILES string of the molecule is CCCCOc1cc(F)c(C#Cc2ccc(C(F)(F)Oc3ccc(-c4cc(F)c(F)c(F)c4)c(F)c3)c(F)c2)c(F)c1. The molecule has 0 heterocycles. The first-order valence-corrected chi connectivity index (χ1v) is 12.3. The van der Waals surface area contributed by atoms with Gasteiger partial charge in [0.25, 0.3) is 0 Å². The summed E-state index contributed by atoms with van der Waals surface area (Å²) in [6, 6.07) is 7.29. The Labute approximate surface area is 234 Å². The van der Waals surface area contributed by atoms with Crippen LogP contribution >= 0.6 is 0 Å². The van der Waals surface area contributed by atoms with Gasteiger partial charge < -0.3 is 9.47 Å². The standard InChI is InChI=1S/C31H19F9O2/c1-2-3-10-41-20-15-25(33)22(26(34)16-20)7-4-17-5-9-23(27(35)11-17)31(39,40)42-19-6-8-21(24(32)14-19)18-12-28(36)30(38)29(37)13-18/h5-6,8-9,11-16H,2-3,10H2,1H3. The van der Waals surface area contributed by atoms with Crippen LogP contribution in [-0.4, -0.2) is 6.61 Å². The first-order chi connectivity index (χ1) is 19.9. The van der Waals surface area contributed by atoms with Crippen LogP contribution in [0.5, 0.6) is 11.5 Å². The Morgan fingerprint density at radius 3 is 1.90 bits per heavy atom. The Kier molecular flexibility index (Phi) is 9.05. The predicted molar refractivity (Wildman–Crippen MR) is 135 cm³/mol. The van der Waals surface area contributed by atoms with Crippen LogP contribution in [0.1, 0.15) is 36.5 Å². The summed E-state index contributed by atoms with van der Waals surface area (Å²) < 4.78 is 137. The Balaban J connectivity index is 1.52. The summed E-state index contributed by atoms with van der Waals surface area (Å²) in [5.41, 5.74) is -2.92. The van der Waals surface area contributed by atoms with Crippen LogP contribution in [0.25, 0.3) is 11.1 Å². The third-order valence-electron chi connectivity index (χ3n) is 5.88. The zero-order valence-corrected chi connectivity index (χ0v) is 21.6. The average molecular weight is 594 g/mol. The van der Waals surface area contributed by atoms with E-state index in [9.17, 15) is 39.5 Å². The molecule has 0 radical (unpaired) electrons. The zero-order valence-electron chi connectivity index (χ0n) is 21.6. The van der Waals surface area contributed by atoms with Gasteiger partial charge in [-0.2, -0.15) is 8.78 Å². The van der Waals surface area contributed by atoms with Gasteiger partial charge in [-0.15, -0.1) is 0 Å². The van der Waals surface area contributed by atoms with E-state index in [0.717, 1.165) is 36.8 Å². The van der Waals surface area contributed by atoms with E-state index in [4.69, 9.17) is 4.74 Å². The fourth-order valence-corrected chi connectivity index (χ4v) is 3.76. The highest BCUT2D eigenvalue weighted by Gasteiger charge is 2.38. The monoisotopic (exact) mass is 594 g/mol. The van der Waals surface area contributed by atoms with Crippen LogP contribution in [0, 0.1) is 52.6 Å². The molecule has 0 atom stereocenters. The number of hydrogen-bond donors (Lipinski definition) is 0. The molecule has 4 aromatic carbocycles. The second-order valence-corrected chi connectivity index (χ2v) is 8.92. The maximum absolute atomic E-state index is 14.8. The number of unbranched alkanes of at least 4 members (excludes halogenated alkanes) is 1. The van der Waals surface area contributed by atoms with Gasteiger partial charge in [0.05, 0.1) is 12.2 Å². The fourth-order valence-electron chi connectivity index (χ4n) is 3.76. The van der Waals surface area contributed by atoms with Gasteiger partial charge in [0, 0.05) is 29.3 Å². The highest BCUT2D eigenvalue weighted by Crippen LogP contribution is 2.36. The van der Waals surface area contributed by atoms with Crippen molar-refractivity contribution in [1.29, 1.82) is 0 Å². The normalized spacial score (nSPS) is 11.2. The molecule has 218 valence electrons. The van der Waals surface area contributed by atoms with E-state index < -0.39 is 74.8 Å². The lowest BCUT2D eigenvalue weighted by molar-refractivity contribution is -0.187. The summed E-state index contributed by atoms with van der Waals surface area (Å²) in [6.07, 6.45) is -2.83. The summed E-state index contributed by atoms with van der Waals surface area (Å²) in [6.45, 7) is 2.18. The molecule has 0 unspecified atom stereocenters. The smallest absolute Gasteiger partial charge is 0.429 e. The molecular weight excluding hydrogens is 575 g/mol. The average Bonchev–Trinajstić information content (AvgIpc) is 2.91. The van der Waals surface area contributed by atoms with Crippen molar-refractivity contribution in [2.45, 2.75) is 25.9 Å². The summed E-state index contributed by atoms with van der Waals surface area (Å²) in [7, 11) is 0. The van der Waals surface area contributed by atoms with Gasteiger partial charge >= 0.3 is 6.11 Å². The van der Waals surface area contributed by atoms with E-state index in [2.05, 4.69) is 16.6 Å². The highest BCUT2D eigenvalue weighted by molar-refractivity contribution is 5.65. The molecule has 0 aliphatic carbocycles. The third-order valence-corrected chi connectivity index (χ3v) is 5.88. The number of rotatable bonds is 8. The van der Waals surface area contributed by atoms with Crippen molar-refractivity contribution in [2.24, 2.45) is 0 Å². The van der Waals surface area contributed by atoms with Crippen LogP contribution in [0.15, 0.2) is 60.7 Å². The second kappa shape index (κ2) is 12.5. The predicted octanol–water partition coefficient (Wildman–Crippen LogP) is 9.03. The molecule has 0 saturated heterocycles. The minimum Gasteiger partial charge on any atom is -0.493 e. The largest absolute Gasteiger partial charge is 0.493 e. The van der Waals surface area contributed by atoms with Gasteiger partial charge in [0.2, 0.25) is 0 Å². The van der Waals surface area contributed by atoms with Gasteiger partial charge in [0.1, 0.15) is 40.3 Å². The third kappa shape index (κ3) is 6.82. The van der Waals surface area contributed by atoms with Gasteiger partial charge in [0.15, 0.2) is 17.5 Å². The highest BCUT2D eigenvalue weighted by atomic mass is 19.3. The van der Waals surface area contributed by atoms with Crippen molar-refractivity contribution in [3.8, 4) is 34.5 Å². The van der Waals surface area contributed by atoms with Gasteiger partial charge in [-0.1, -0.05) is 25.2 Å². The van der Waals surface area contributed by atoms with Crippen LogP contribution in [0.3, 0.4) is 0 Å².